The van der Waals surface area contributed by atoms with Gasteiger partial charge in [0.15, 0.2) is 0 Å². The molecule has 2 saturated carbocycles. The highest BCUT2D eigenvalue weighted by molar-refractivity contribution is 5.76. The van der Waals surface area contributed by atoms with E-state index < -0.39 is 11.2 Å². The predicted octanol–water partition coefficient (Wildman–Crippen LogP) is 0.868. The third kappa shape index (κ3) is 3.15. The zero-order valence-electron chi connectivity index (χ0n) is 12.9. The van der Waals surface area contributed by atoms with Crippen LogP contribution in [0.5, 0.6) is 0 Å². The summed E-state index contributed by atoms with van der Waals surface area (Å²) in [6.07, 6.45) is 6.91. The van der Waals surface area contributed by atoms with Crippen molar-refractivity contribution in [2.75, 3.05) is 0 Å². The van der Waals surface area contributed by atoms with Crippen LogP contribution in [0.4, 0.5) is 0 Å². The number of nitrogens with one attached hydrogen (secondary N) is 2. The highest BCUT2D eigenvalue weighted by Crippen LogP contribution is 2.49. The Balaban J connectivity index is 1.50. The van der Waals surface area contributed by atoms with Gasteiger partial charge in [-0.1, -0.05) is 6.42 Å². The zero-order valence-corrected chi connectivity index (χ0v) is 12.9. The number of H-pyrrole nitrogens is 1. The summed E-state index contributed by atoms with van der Waals surface area (Å²) in [5.41, 5.74) is -0.892. The molecule has 0 aliphatic heterocycles. The molecule has 0 spiro atoms. The SMILES string of the molecule is C[C@H](NC(=O)CCn1ccc(=O)[nH]c1=O)[C@H]1C[C@H]2CC[C@H]1C2. The van der Waals surface area contributed by atoms with E-state index in [9.17, 15) is 14.4 Å². The maximum atomic E-state index is 12.1. The Morgan fingerprint density at radius 1 is 1.41 bits per heavy atom. The lowest BCUT2D eigenvalue weighted by Crippen LogP contribution is -2.40. The molecule has 2 aliphatic rings. The fourth-order valence-corrected chi connectivity index (χ4v) is 4.18. The first-order valence-electron chi connectivity index (χ1n) is 8.12. The Morgan fingerprint density at radius 3 is 2.86 bits per heavy atom. The summed E-state index contributed by atoms with van der Waals surface area (Å²) in [6.45, 7) is 2.38. The van der Waals surface area contributed by atoms with Crippen molar-refractivity contribution < 1.29 is 4.79 Å². The first-order valence-corrected chi connectivity index (χ1v) is 8.12. The molecular weight excluding hydrogens is 282 g/mol. The van der Waals surface area contributed by atoms with Gasteiger partial charge in [-0.2, -0.15) is 0 Å². The molecule has 6 heteroatoms. The Bertz CT molecular complexity index is 663. The maximum Gasteiger partial charge on any atom is 0.328 e. The number of aromatic amines is 1. The van der Waals surface area contributed by atoms with Crippen molar-refractivity contribution in [1.82, 2.24) is 14.9 Å². The molecule has 2 N–H and O–H groups in total. The highest BCUT2D eigenvalue weighted by atomic mass is 16.2. The summed E-state index contributed by atoms with van der Waals surface area (Å²) in [5.74, 6) is 2.23. The Labute approximate surface area is 128 Å². The van der Waals surface area contributed by atoms with E-state index in [1.807, 2.05) is 0 Å². The first kappa shape index (κ1) is 15.1. The van der Waals surface area contributed by atoms with Crippen molar-refractivity contribution in [3.8, 4) is 0 Å². The molecule has 0 radical (unpaired) electrons. The minimum Gasteiger partial charge on any atom is -0.353 e. The van der Waals surface area contributed by atoms with Crippen LogP contribution in [0.2, 0.25) is 0 Å². The van der Waals surface area contributed by atoms with Gasteiger partial charge in [-0.25, -0.2) is 4.79 Å². The van der Waals surface area contributed by atoms with Gasteiger partial charge >= 0.3 is 5.69 Å². The number of carbonyl (C=O) groups is 1. The molecule has 0 saturated heterocycles. The topological polar surface area (TPSA) is 84.0 Å². The number of amides is 1. The molecule has 0 aromatic carbocycles. The third-order valence-electron chi connectivity index (χ3n) is 5.30. The number of nitrogens with zero attached hydrogens (tertiary/aromatic N) is 1. The summed E-state index contributed by atoms with van der Waals surface area (Å²) in [6, 6.07) is 1.49. The normalized spacial score (nSPS) is 27.8. The van der Waals surface area contributed by atoms with Crippen LogP contribution in [0.3, 0.4) is 0 Å². The molecule has 22 heavy (non-hydrogen) atoms. The molecule has 0 unspecified atom stereocenters. The molecular formula is C16H23N3O3. The van der Waals surface area contributed by atoms with Gasteiger partial charge in [0.1, 0.15) is 0 Å². The molecule has 1 amide bonds. The van der Waals surface area contributed by atoms with Gasteiger partial charge in [-0.15, -0.1) is 0 Å². The van der Waals surface area contributed by atoms with Gasteiger partial charge in [0, 0.05) is 31.3 Å². The van der Waals surface area contributed by atoms with Crippen LogP contribution < -0.4 is 16.6 Å². The van der Waals surface area contributed by atoms with Crippen molar-refractivity contribution in [3.63, 3.8) is 0 Å². The number of rotatable bonds is 5. The van der Waals surface area contributed by atoms with Crippen LogP contribution in [0.1, 0.15) is 39.0 Å². The van der Waals surface area contributed by atoms with Crippen molar-refractivity contribution in [1.29, 1.82) is 0 Å². The van der Waals surface area contributed by atoms with E-state index in [4.69, 9.17) is 0 Å². The van der Waals surface area contributed by atoms with E-state index >= 15 is 0 Å². The average molecular weight is 305 g/mol. The van der Waals surface area contributed by atoms with Crippen molar-refractivity contribution in [2.24, 2.45) is 17.8 Å². The third-order valence-corrected chi connectivity index (χ3v) is 5.30. The van der Waals surface area contributed by atoms with Gasteiger partial charge in [-0.3, -0.25) is 14.6 Å². The van der Waals surface area contributed by atoms with Gasteiger partial charge in [0.2, 0.25) is 5.91 Å². The average Bonchev–Trinajstić information content (AvgIpc) is 3.09. The van der Waals surface area contributed by atoms with Gasteiger partial charge in [0.05, 0.1) is 0 Å². The van der Waals surface area contributed by atoms with Crippen molar-refractivity contribution >= 4 is 5.91 Å². The largest absolute Gasteiger partial charge is 0.353 e. The van der Waals surface area contributed by atoms with Crippen LogP contribution in [0, 0.1) is 17.8 Å². The number of carbonyl (C=O) groups excluding carboxylic acids is 1. The summed E-state index contributed by atoms with van der Waals surface area (Å²) >= 11 is 0. The smallest absolute Gasteiger partial charge is 0.328 e. The maximum absolute atomic E-state index is 12.1. The Hall–Kier alpha value is -1.85. The number of aryl methyl sites for hydroxylation is 1. The van der Waals surface area contributed by atoms with Crippen LogP contribution in [0.15, 0.2) is 21.9 Å². The minimum atomic E-state index is -0.471. The summed E-state index contributed by atoms with van der Waals surface area (Å²) < 4.78 is 1.35. The predicted molar refractivity (Wildman–Crippen MR) is 82.5 cm³/mol. The molecule has 2 fully saturated rings. The second kappa shape index (κ2) is 6.10. The number of fused-ring (bicyclic) bond motifs is 2. The first-order chi connectivity index (χ1) is 10.5. The van der Waals surface area contributed by atoms with Crippen LogP contribution in [0.25, 0.3) is 0 Å². The molecule has 3 rings (SSSR count). The minimum absolute atomic E-state index is 0.0339. The lowest BCUT2D eigenvalue weighted by molar-refractivity contribution is -0.122. The van der Waals surface area contributed by atoms with E-state index in [-0.39, 0.29) is 24.9 Å². The second-order valence-corrected chi connectivity index (χ2v) is 6.75. The van der Waals surface area contributed by atoms with E-state index in [1.165, 1.54) is 42.5 Å². The van der Waals surface area contributed by atoms with Crippen LogP contribution in [-0.2, 0) is 11.3 Å². The summed E-state index contributed by atoms with van der Waals surface area (Å²) in [4.78, 5) is 36.8. The van der Waals surface area contributed by atoms with Crippen molar-refractivity contribution in [2.45, 2.75) is 51.6 Å². The lowest BCUT2D eigenvalue weighted by Gasteiger charge is -2.28. The fraction of sp³-hybridized carbons (Fsp3) is 0.688. The highest BCUT2D eigenvalue weighted by Gasteiger charge is 2.42. The van der Waals surface area contributed by atoms with Crippen LogP contribution in [-0.4, -0.2) is 21.5 Å². The summed E-state index contributed by atoms with van der Waals surface area (Å²) in [5, 5.41) is 3.08. The number of hydrogen-bond acceptors (Lipinski definition) is 3. The Morgan fingerprint density at radius 2 is 2.23 bits per heavy atom. The van der Waals surface area contributed by atoms with E-state index in [0.29, 0.717) is 5.92 Å². The standard InChI is InChI=1S/C16H23N3O3/c1-10(13-9-11-2-3-12(13)8-11)17-14(20)4-6-19-7-5-15(21)18-16(19)22/h5,7,10-13H,2-4,6,8-9H2,1H3,(H,17,20)(H,18,21,22)/t10-,11-,12-,13+/m0/s1. The molecule has 6 nitrogen and oxygen atoms in total. The van der Waals surface area contributed by atoms with Gasteiger partial charge in [0.25, 0.3) is 5.56 Å². The van der Waals surface area contributed by atoms with E-state index in [2.05, 4.69) is 17.2 Å². The van der Waals surface area contributed by atoms with Crippen LogP contribution >= 0.6 is 0 Å². The second-order valence-electron chi connectivity index (χ2n) is 6.75. The molecule has 4 atom stereocenters. The molecule has 2 aliphatic carbocycles. The number of aromatic nitrogens is 2. The monoisotopic (exact) mass is 305 g/mol. The van der Waals surface area contributed by atoms with Gasteiger partial charge < -0.3 is 9.88 Å². The molecule has 1 aromatic heterocycles. The van der Waals surface area contributed by atoms with Crippen molar-refractivity contribution in [3.05, 3.63) is 33.1 Å². The molecule has 2 bridgehead atoms. The molecule has 120 valence electrons. The quantitative estimate of drug-likeness (QED) is 0.846. The van der Waals surface area contributed by atoms with E-state index in [0.717, 1.165) is 11.8 Å². The summed E-state index contributed by atoms with van der Waals surface area (Å²) in [7, 11) is 0. The zero-order chi connectivity index (χ0) is 15.7. The number of hydrogen-bond donors (Lipinski definition) is 2. The van der Waals surface area contributed by atoms with E-state index in [1.54, 1.807) is 0 Å². The van der Waals surface area contributed by atoms with Gasteiger partial charge in [-0.05, 0) is 43.9 Å². The Kier molecular flexibility index (Phi) is 4.18. The fourth-order valence-electron chi connectivity index (χ4n) is 4.18. The lowest BCUT2D eigenvalue weighted by atomic mass is 9.84. The molecule has 1 heterocycles. The molecule has 1 aromatic rings.